The van der Waals surface area contributed by atoms with Gasteiger partial charge in [0.2, 0.25) is 0 Å². The molecule has 0 spiro atoms. The Balaban J connectivity index is 2.97. The van der Waals surface area contributed by atoms with Gasteiger partial charge in [0.15, 0.2) is 0 Å². The molecule has 6 nitrogen and oxygen atoms in total. The smallest absolute Gasteiger partial charge is 0.271 e. The van der Waals surface area contributed by atoms with Crippen LogP contribution in [0.25, 0.3) is 0 Å². The molecular weight excluding hydrogens is 316 g/mol. The molecule has 0 radical (unpaired) electrons. The molecule has 2 N–H and O–H groups in total. The van der Waals surface area contributed by atoms with E-state index in [-0.39, 0.29) is 17.9 Å². The van der Waals surface area contributed by atoms with Gasteiger partial charge in [-0.3, -0.25) is 14.9 Å². The zero-order valence-corrected chi connectivity index (χ0v) is 12.2. The summed E-state index contributed by atoms with van der Waals surface area (Å²) in [6.07, 6.45) is 0.398. The topological polar surface area (TPSA) is 92.5 Å². The minimum Gasteiger partial charge on any atom is -0.396 e. The minimum atomic E-state index is -0.580. The standard InChI is InChI=1S/C12H15BrN2O4/c1-12(2,3-4-16)14-11(17)8-5-9(13)7-10(6-8)15(18)19/h5-7,16H,3-4H2,1-2H3,(H,14,17). The van der Waals surface area contributed by atoms with E-state index in [1.807, 2.05) is 0 Å². The molecule has 0 aliphatic carbocycles. The van der Waals surface area contributed by atoms with E-state index < -0.39 is 16.4 Å². The first kappa shape index (κ1) is 15.6. The van der Waals surface area contributed by atoms with Crippen molar-refractivity contribution in [2.24, 2.45) is 0 Å². The summed E-state index contributed by atoms with van der Waals surface area (Å²) in [6, 6.07) is 4.06. The number of rotatable bonds is 5. The molecule has 1 aromatic carbocycles. The third kappa shape index (κ3) is 4.60. The number of aliphatic hydroxyl groups is 1. The van der Waals surface area contributed by atoms with E-state index in [4.69, 9.17) is 5.11 Å². The quantitative estimate of drug-likeness (QED) is 0.639. The van der Waals surface area contributed by atoms with Crippen LogP contribution >= 0.6 is 15.9 Å². The lowest BCUT2D eigenvalue weighted by Gasteiger charge is -2.25. The first-order chi connectivity index (χ1) is 8.75. The molecule has 0 aliphatic rings. The lowest BCUT2D eigenvalue weighted by molar-refractivity contribution is -0.385. The number of halogens is 1. The Morgan fingerprint density at radius 1 is 1.47 bits per heavy atom. The van der Waals surface area contributed by atoms with E-state index in [0.29, 0.717) is 10.9 Å². The minimum absolute atomic E-state index is 0.0497. The van der Waals surface area contributed by atoms with Gasteiger partial charge in [-0.05, 0) is 26.3 Å². The molecule has 0 aromatic heterocycles. The second-order valence-corrected chi connectivity index (χ2v) is 5.68. The van der Waals surface area contributed by atoms with Crippen molar-refractivity contribution in [3.63, 3.8) is 0 Å². The zero-order chi connectivity index (χ0) is 14.6. The average molecular weight is 331 g/mol. The highest BCUT2D eigenvalue weighted by atomic mass is 79.9. The molecule has 104 valence electrons. The Morgan fingerprint density at radius 3 is 2.63 bits per heavy atom. The Kier molecular flexibility index (Phi) is 5.02. The summed E-state index contributed by atoms with van der Waals surface area (Å²) in [7, 11) is 0. The molecule has 0 fully saturated rings. The Morgan fingerprint density at radius 2 is 2.11 bits per heavy atom. The van der Waals surface area contributed by atoms with Crippen LogP contribution < -0.4 is 5.32 Å². The van der Waals surface area contributed by atoms with Crippen LogP contribution in [0.15, 0.2) is 22.7 Å². The first-order valence-electron chi connectivity index (χ1n) is 5.63. The van der Waals surface area contributed by atoms with Gasteiger partial charge in [-0.15, -0.1) is 0 Å². The van der Waals surface area contributed by atoms with Crippen molar-refractivity contribution >= 4 is 27.5 Å². The number of benzene rings is 1. The van der Waals surface area contributed by atoms with E-state index in [2.05, 4.69) is 21.2 Å². The third-order valence-electron chi connectivity index (χ3n) is 2.54. The van der Waals surface area contributed by atoms with Gasteiger partial charge in [0.1, 0.15) is 0 Å². The van der Waals surface area contributed by atoms with Crippen molar-refractivity contribution in [1.82, 2.24) is 5.32 Å². The maximum atomic E-state index is 12.0. The zero-order valence-electron chi connectivity index (χ0n) is 10.6. The highest BCUT2D eigenvalue weighted by Gasteiger charge is 2.22. The van der Waals surface area contributed by atoms with E-state index in [0.717, 1.165) is 0 Å². The molecule has 1 rings (SSSR count). The van der Waals surface area contributed by atoms with Gasteiger partial charge in [0, 0.05) is 34.3 Å². The number of carbonyl (C=O) groups excluding carboxylic acids is 1. The van der Waals surface area contributed by atoms with Crippen LogP contribution in [0.2, 0.25) is 0 Å². The van der Waals surface area contributed by atoms with Crippen LogP contribution in [-0.4, -0.2) is 28.1 Å². The summed E-state index contributed by atoms with van der Waals surface area (Å²) in [4.78, 5) is 22.2. The number of nitrogens with zero attached hydrogens (tertiary/aromatic N) is 1. The fraction of sp³-hybridized carbons (Fsp3) is 0.417. The number of nitro benzene ring substituents is 1. The highest BCUT2D eigenvalue weighted by molar-refractivity contribution is 9.10. The van der Waals surface area contributed by atoms with Crippen molar-refractivity contribution in [3.8, 4) is 0 Å². The van der Waals surface area contributed by atoms with Crippen LogP contribution in [-0.2, 0) is 0 Å². The summed E-state index contributed by atoms with van der Waals surface area (Å²) in [5, 5.41) is 22.4. The monoisotopic (exact) mass is 330 g/mol. The van der Waals surface area contributed by atoms with E-state index in [9.17, 15) is 14.9 Å². The molecule has 7 heteroatoms. The molecule has 0 aliphatic heterocycles. The predicted octanol–water partition coefficient (Wildman–Crippen LogP) is 2.25. The fourth-order valence-electron chi connectivity index (χ4n) is 1.53. The predicted molar refractivity (Wildman–Crippen MR) is 74.0 cm³/mol. The maximum absolute atomic E-state index is 12.0. The van der Waals surface area contributed by atoms with Gasteiger partial charge >= 0.3 is 0 Å². The Labute approximate surface area is 119 Å². The van der Waals surface area contributed by atoms with E-state index >= 15 is 0 Å². The number of aliphatic hydroxyl groups excluding tert-OH is 1. The molecule has 0 heterocycles. The van der Waals surface area contributed by atoms with Crippen LogP contribution in [0, 0.1) is 10.1 Å². The lowest BCUT2D eigenvalue weighted by Crippen LogP contribution is -2.44. The second-order valence-electron chi connectivity index (χ2n) is 4.77. The van der Waals surface area contributed by atoms with Gasteiger partial charge in [-0.2, -0.15) is 0 Å². The number of carbonyl (C=O) groups is 1. The van der Waals surface area contributed by atoms with Gasteiger partial charge in [-0.25, -0.2) is 0 Å². The highest BCUT2D eigenvalue weighted by Crippen LogP contribution is 2.22. The summed E-state index contributed by atoms with van der Waals surface area (Å²) >= 11 is 3.14. The third-order valence-corrected chi connectivity index (χ3v) is 3.00. The number of nitrogens with one attached hydrogen (secondary N) is 1. The fourth-order valence-corrected chi connectivity index (χ4v) is 2.01. The van der Waals surface area contributed by atoms with Crippen LogP contribution in [0.1, 0.15) is 30.6 Å². The van der Waals surface area contributed by atoms with Crippen molar-refractivity contribution in [2.45, 2.75) is 25.8 Å². The van der Waals surface area contributed by atoms with Crippen molar-refractivity contribution in [2.75, 3.05) is 6.61 Å². The second kappa shape index (κ2) is 6.12. The molecule has 0 atom stereocenters. The van der Waals surface area contributed by atoms with E-state index in [1.54, 1.807) is 13.8 Å². The first-order valence-corrected chi connectivity index (χ1v) is 6.43. The molecule has 0 unspecified atom stereocenters. The lowest BCUT2D eigenvalue weighted by atomic mass is 10.0. The van der Waals surface area contributed by atoms with Crippen LogP contribution in [0.3, 0.4) is 0 Å². The van der Waals surface area contributed by atoms with Crippen molar-refractivity contribution < 1.29 is 14.8 Å². The van der Waals surface area contributed by atoms with Gasteiger partial charge < -0.3 is 10.4 Å². The van der Waals surface area contributed by atoms with Crippen molar-refractivity contribution in [1.29, 1.82) is 0 Å². The molecule has 0 bridgehead atoms. The molecular formula is C12H15BrN2O4. The Hall–Kier alpha value is -1.47. The number of hydrogen-bond acceptors (Lipinski definition) is 4. The van der Waals surface area contributed by atoms with Gasteiger partial charge in [-0.1, -0.05) is 15.9 Å². The number of non-ortho nitro benzene ring substituents is 1. The largest absolute Gasteiger partial charge is 0.396 e. The number of nitro groups is 1. The molecule has 0 saturated carbocycles. The number of hydrogen-bond donors (Lipinski definition) is 2. The summed E-state index contributed by atoms with van der Waals surface area (Å²) in [5.74, 6) is -0.414. The SMILES string of the molecule is CC(C)(CCO)NC(=O)c1cc(Br)cc([N+](=O)[O-])c1. The molecule has 0 saturated heterocycles. The van der Waals surface area contributed by atoms with Crippen molar-refractivity contribution in [3.05, 3.63) is 38.3 Å². The van der Waals surface area contributed by atoms with Crippen LogP contribution in [0.4, 0.5) is 5.69 Å². The normalized spacial score (nSPS) is 11.2. The molecule has 1 aromatic rings. The number of amides is 1. The van der Waals surface area contributed by atoms with E-state index in [1.165, 1.54) is 18.2 Å². The molecule has 19 heavy (non-hydrogen) atoms. The van der Waals surface area contributed by atoms with Gasteiger partial charge in [0.25, 0.3) is 11.6 Å². The average Bonchev–Trinajstić information content (AvgIpc) is 2.27. The van der Waals surface area contributed by atoms with Gasteiger partial charge in [0.05, 0.1) is 4.92 Å². The molecule has 1 amide bonds. The maximum Gasteiger partial charge on any atom is 0.271 e. The summed E-state index contributed by atoms with van der Waals surface area (Å²) < 4.78 is 0.465. The van der Waals surface area contributed by atoms with Crippen LogP contribution in [0.5, 0.6) is 0 Å². The summed E-state index contributed by atoms with van der Waals surface area (Å²) in [6.45, 7) is 3.49. The summed E-state index contributed by atoms with van der Waals surface area (Å²) in [5.41, 5.74) is -0.533. The Bertz CT molecular complexity index is 503.